The van der Waals surface area contributed by atoms with Gasteiger partial charge in [0.05, 0.1) is 5.52 Å². The molecular formula is C35H59N5O4. The van der Waals surface area contributed by atoms with Gasteiger partial charge in [-0.3, -0.25) is 14.7 Å². The number of esters is 1. The second-order valence-corrected chi connectivity index (χ2v) is 14.2. The summed E-state index contributed by atoms with van der Waals surface area (Å²) in [5, 5.41) is 8.87. The topological polar surface area (TPSA) is 137 Å². The molecule has 6 atom stereocenters. The second-order valence-electron chi connectivity index (χ2n) is 14.2. The van der Waals surface area contributed by atoms with Crippen LogP contribution in [0.1, 0.15) is 97.7 Å². The Bertz CT molecular complexity index is 1210. The standard InChI is InChI=1S/C35H59N5O4/c1-20(2)26(23(7)24-12-15-31-28(17-24)30(38-39-31)11-10-16-43-9)18-29(36)32(44-35(42)33(37)22(5)6)19-27(21(3)4)34(41)40(8)25-13-14-25/h12,15,17,20-23,25-27,29,32-33H,10-11,13-14,16,18-19,36-37H2,1-9H3,(H,38,39)/t23?,26-,27-,29-,32-,33-/m0/s1. The number of hydrogen-bond donors (Lipinski definition) is 3. The highest BCUT2D eigenvalue weighted by Crippen LogP contribution is 2.37. The van der Waals surface area contributed by atoms with E-state index in [0.717, 1.165) is 42.3 Å². The van der Waals surface area contributed by atoms with Crippen LogP contribution in [0.5, 0.6) is 0 Å². The average Bonchev–Trinajstić information content (AvgIpc) is 3.76. The van der Waals surface area contributed by atoms with Gasteiger partial charge >= 0.3 is 5.97 Å². The number of aromatic amines is 1. The lowest BCUT2D eigenvalue weighted by molar-refractivity contribution is -0.156. The van der Waals surface area contributed by atoms with Crippen molar-refractivity contribution in [1.82, 2.24) is 15.1 Å². The number of aryl methyl sites for hydroxylation is 1. The van der Waals surface area contributed by atoms with E-state index in [1.165, 1.54) is 5.56 Å². The summed E-state index contributed by atoms with van der Waals surface area (Å²) in [6.07, 6.45) is 4.30. The number of H-pyrrole nitrogens is 1. The highest BCUT2D eigenvalue weighted by Gasteiger charge is 2.39. The highest BCUT2D eigenvalue weighted by atomic mass is 16.5. The molecule has 0 saturated heterocycles. The fraction of sp³-hybridized carbons (Fsp3) is 0.743. The Labute approximate surface area is 265 Å². The molecule has 1 aliphatic rings. The predicted octanol–water partition coefficient (Wildman–Crippen LogP) is 5.41. The van der Waals surface area contributed by atoms with Crippen molar-refractivity contribution in [3.8, 4) is 0 Å². The first-order chi connectivity index (χ1) is 20.8. The van der Waals surface area contributed by atoms with Gasteiger partial charge in [0.15, 0.2) is 0 Å². The van der Waals surface area contributed by atoms with Crippen LogP contribution in [0.2, 0.25) is 0 Å². The zero-order chi connectivity index (χ0) is 32.7. The van der Waals surface area contributed by atoms with E-state index in [4.69, 9.17) is 20.9 Å². The molecule has 0 aliphatic heterocycles. The van der Waals surface area contributed by atoms with Crippen LogP contribution >= 0.6 is 0 Å². The summed E-state index contributed by atoms with van der Waals surface area (Å²) in [5.41, 5.74) is 16.5. The third-order valence-corrected chi connectivity index (χ3v) is 9.79. The van der Waals surface area contributed by atoms with Crippen molar-refractivity contribution in [3.63, 3.8) is 0 Å². The molecule has 3 rings (SSSR count). The minimum absolute atomic E-state index is 0.0661. The molecule has 1 unspecified atom stereocenters. The van der Waals surface area contributed by atoms with E-state index in [1.54, 1.807) is 7.11 Å². The van der Waals surface area contributed by atoms with Crippen LogP contribution < -0.4 is 11.5 Å². The van der Waals surface area contributed by atoms with Gasteiger partial charge < -0.3 is 25.8 Å². The summed E-state index contributed by atoms with van der Waals surface area (Å²) < 4.78 is 11.4. The lowest BCUT2D eigenvalue weighted by Crippen LogP contribution is -2.48. The zero-order valence-corrected chi connectivity index (χ0v) is 28.6. The summed E-state index contributed by atoms with van der Waals surface area (Å²) in [7, 11) is 3.61. The van der Waals surface area contributed by atoms with Crippen LogP contribution in [0.4, 0.5) is 0 Å². The number of fused-ring (bicyclic) bond motifs is 1. The normalized spacial score (nSPS) is 18.0. The Kier molecular flexibility index (Phi) is 13.2. The molecule has 44 heavy (non-hydrogen) atoms. The Morgan fingerprint density at radius 3 is 2.27 bits per heavy atom. The summed E-state index contributed by atoms with van der Waals surface area (Å²) >= 11 is 0. The second kappa shape index (κ2) is 16.2. The van der Waals surface area contributed by atoms with Gasteiger partial charge in [-0.15, -0.1) is 0 Å². The molecule has 1 heterocycles. The molecule has 1 amide bonds. The molecule has 1 saturated carbocycles. The van der Waals surface area contributed by atoms with Gasteiger partial charge in [0, 0.05) is 49.8 Å². The molecule has 0 bridgehead atoms. The molecule has 1 aromatic heterocycles. The zero-order valence-electron chi connectivity index (χ0n) is 28.6. The van der Waals surface area contributed by atoms with Crippen molar-refractivity contribution in [2.24, 2.45) is 41.1 Å². The number of nitrogens with zero attached hydrogens (tertiary/aromatic N) is 2. The maximum Gasteiger partial charge on any atom is 0.323 e. The Morgan fingerprint density at radius 1 is 1.02 bits per heavy atom. The summed E-state index contributed by atoms with van der Waals surface area (Å²) in [4.78, 5) is 28.6. The Morgan fingerprint density at radius 2 is 1.70 bits per heavy atom. The van der Waals surface area contributed by atoms with Crippen molar-refractivity contribution in [2.75, 3.05) is 20.8 Å². The van der Waals surface area contributed by atoms with Crippen LogP contribution in [0.3, 0.4) is 0 Å². The largest absolute Gasteiger partial charge is 0.460 e. The first-order valence-corrected chi connectivity index (χ1v) is 16.7. The van der Waals surface area contributed by atoms with E-state index < -0.39 is 24.2 Å². The lowest BCUT2D eigenvalue weighted by Gasteiger charge is -2.36. The molecule has 1 aromatic carbocycles. The molecule has 1 aliphatic carbocycles. The smallest absolute Gasteiger partial charge is 0.323 e. The lowest BCUT2D eigenvalue weighted by atomic mass is 9.75. The highest BCUT2D eigenvalue weighted by molar-refractivity contribution is 5.82. The first kappa shape index (κ1) is 36.0. The van der Waals surface area contributed by atoms with Crippen molar-refractivity contribution in [1.29, 1.82) is 0 Å². The number of carbonyl (C=O) groups excluding carboxylic acids is 2. The monoisotopic (exact) mass is 613 g/mol. The molecule has 0 radical (unpaired) electrons. The maximum absolute atomic E-state index is 13.6. The molecule has 2 aromatic rings. The van der Waals surface area contributed by atoms with E-state index in [9.17, 15) is 9.59 Å². The molecule has 9 heteroatoms. The summed E-state index contributed by atoms with van der Waals surface area (Å²) in [6, 6.07) is 5.62. The molecule has 0 spiro atoms. The van der Waals surface area contributed by atoms with Crippen molar-refractivity contribution < 1.29 is 19.1 Å². The van der Waals surface area contributed by atoms with Gasteiger partial charge in [-0.2, -0.15) is 5.10 Å². The number of rotatable bonds is 18. The number of carbonyl (C=O) groups is 2. The average molecular weight is 614 g/mol. The minimum Gasteiger partial charge on any atom is -0.460 e. The van der Waals surface area contributed by atoms with Crippen LogP contribution in [0.15, 0.2) is 18.2 Å². The molecule has 9 nitrogen and oxygen atoms in total. The maximum atomic E-state index is 13.6. The molecule has 1 fully saturated rings. The molecule has 248 valence electrons. The van der Waals surface area contributed by atoms with Crippen LogP contribution in [0.25, 0.3) is 10.9 Å². The van der Waals surface area contributed by atoms with Crippen LogP contribution in [-0.4, -0.2) is 72.0 Å². The van der Waals surface area contributed by atoms with E-state index in [1.807, 2.05) is 25.8 Å². The van der Waals surface area contributed by atoms with E-state index in [0.29, 0.717) is 31.4 Å². The fourth-order valence-corrected chi connectivity index (χ4v) is 6.34. The van der Waals surface area contributed by atoms with E-state index in [2.05, 4.69) is 63.0 Å². The predicted molar refractivity (Wildman–Crippen MR) is 177 cm³/mol. The molecule has 5 N–H and O–H groups in total. The third-order valence-electron chi connectivity index (χ3n) is 9.79. The van der Waals surface area contributed by atoms with Gasteiger partial charge in [0.25, 0.3) is 0 Å². The van der Waals surface area contributed by atoms with Gasteiger partial charge in [-0.25, -0.2) is 0 Å². The van der Waals surface area contributed by atoms with Gasteiger partial charge in [-0.05, 0) is 85.8 Å². The number of nitrogens with one attached hydrogen (secondary N) is 1. The van der Waals surface area contributed by atoms with Crippen LogP contribution in [-0.2, 0) is 25.5 Å². The number of amides is 1. The van der Waals surface area contributed by atoms with Gasteiger partial charge in [0.1, 0.15) is 12.1 Å². The number of hydrogen-bond acceptors (Lipinski definition) is 7. The van der Waals surface area contributed by atoms with Gasteiger partial charge in [0.2, 0.25) is 5.91 Å². The van der Waals surface area contributed by atoms with Crippen molar-refractivity contribution in [2.45, 2.75) is 117 Å². The Balaban J connectivity index is 1.86. The first-order valence-electron chi connectivity index (χ1n) is 16.7. The van der Waals surface area contributed by atoms with Crippen molar-refractivity contribution in [3.05, 3.63) is 29.5 Å². The molecular weight excluding hydrogens is 554 g/mol. The summed E-state index contributed by atoms with van der Waals surface area (Å²) in [6.45, 7) is 15.3. The van der Waals surface area contributed by atoms with Crippen molar-refractivity contribution >= 4 is 22.8 Å². The number of ether oxygens (including phenoxy) is 2. The minimum atomic E-state index is -0.744. The Hall–Kier alpha value is -2.49. The third kappa shape index (κ3) is 9.27. The van der Waals surface area contributed by atoms with E-state index in [-0.39, 0.29) is 35.5 Å². The number of methoxy groups -OCH3 is 1. The number of benzene rings is 1. The van der Waals surface area contributed by atoms with Gasteiger partial charge in [-0.1, -0.05) is 54.5 Å². The number of nitrogens with two attached hydrogens (primary N) is 2. The fourth-order valence-electron chi connectivity index (χ4n) is 6.34. The van der Waals surface area contributed by atoms with E-state index >= 15 is 0 Å². The SMILES string of the molecule is COCCCc1[nH]nc2ccc(C(C)[C@@H](C[C@H](N)[C@H](C[C@H](C(=O)N(C)C3CC3)C(C)C)OC(=O)[C@@H](N)C(C)C)C(C)C)cc12. The summed E-state index contributed by atoms with van der Waals surface area (Å²) in [5.74, 6) is 0.112. The number of aromatic nitrogens is 2. The quantitative estimate of drug-likeness (QED) is 0.151. The van der Waals surface area contributed by atoms with Crippen LogP contribution in [0, 0.1) is 29.6 Å².